The Bertz CT molecular complexity index is 202. The van der Waals surface area contributed by atoms with Crippen molar-refractivity contribution in [1.82, 2.24) is 0 Å². The number of cyclic esters (lactones) is 1. The van der Waals surface area contributed by atoms with Gasteiger partial charge < -0.3 is 4.74 Å². The van der Waals surface area contributed by atoms with Gasteiger partial charge in [-0.3, -0.25) is 4.79 Å². The molecule has 0 aromatic rings. The Balaban J connectivity index is 2.36. The van der Waals surface area contributed by atoms with Crippen LogP contribution in [-0.4, -0.2) is 5.97 Å². The summed E-state index contributed by atoms with van der Waals surface area (Å²) >= 11 is 0. The highest BCUT2D eigenvalue weighted by Crippen LogP contribution is 2.17. The molecule has 0 aromatic carbocycles. The molecule has 1 heterocycles. The van der Waals surface area contributed by atoms with Crippen molar-refractivity contribution in [1.29, 1.82) is 0 Å². The van der Waals surface area contributed by atoms with Crippen LogP contribution < -0.4 is 0 Å². The van der Waals surface area contributed by atoms with Crippen molar-refractivity contribution >= 4 is 5.97 Å². The molecule has 0 amide bonds. The standard InChI is InChI=1S/C9H12O2/c1-2-3-4-5-8-6-7-9(10)11-8/h2-3,5H,4,6-7H2,1H3/b3-2+,8-5+. The highest BCUT2D eigenvalue weighted by atomic mass is 16.5. The zero-order valence-corrected chi connectivity index (χ0v) is 6.67. The predicted octanol–water partition coefficient (Wildman–Crippen LogP) is 2.17. The summed E-state index contributed by atoms with van der Waals surface area (Å²) in [5, 5.41) is 0. The van der Waals surface area contributed by atoms with Crippen molar-refractivity contribution in [2.45, 2.75) is 26.2 Å². The van der Waals surface area contributed by atoms with Gasteiger partial charge in [0.1, 0.15) is 5.76 Å². The molecule has 11 heavy (non-hydrogen) atoms. The van der Waals surface area contributed by atoms with Gasteiger partial charge in [0.25, 0.3) is 0 Å². The van der Waals surface area contributed by atoms with Crippen LogP contribution in [0.3, 0.4) is 0 Å². The molecule has 0 bridgehead atoms. The lowest BCUT2D eigenvalue weighted by molar-refractivity contribution is -0.135. The molecule has 0 unspecified atom stereocenters. The van der Waals surface area contributed by atoms with Gasteiger partial charge in [-0.25, -0.2) is 0 Å². The van der Waals surface area contributed by atoms with E-state index in [4.69, 9.17) is 4.74 Å². The SMILES string of the molecule is C/C=C/C/C=C1\CCC(=O)O1. The van der Waals surface area contributed by atoms with Gasteiger partial charge in [0.15, 0.2) is 0 Å². The third-order valence-corrected chi connectivity index (χ3v) is 1.54. The van der Waals surface area contributed by atoms with Crippen molar-refractivity contribution in [2.75, 3.05) is 0 Å². The lowest BCUT2D eigenvalue weighted by Crippen LogP contribution is -1.88. The summed E-state index contributed by atoms with van der Waals surface area (Å²) in [6.45, 7) is 1.97. The number of esters is 1. The Morgan fingerprint density at radius 2 is 2.36 bits per heavy atom. The second kappa shape index (κ2) is 3.96. The van der Waals surface area contributed by atoms with Crippen LogP contribution in [-0.2, 0) is 9.53 Å². The first-order valence-electron chi connectivity index (χ1n) is 3.84. The molecule has 60 valence electrons. The molecule has 1 saturated heterocycles. The van der Waals surface area contributed by atoms with E-state index < -0.39 is 0 Å². The number of carbonyl (C=O) groups excluding carboxylic acids is 1. The maximum atomic E-state index is 10.6. The first-order chi connectivity index (χ1) is 5.33. The summed E-state index contributed by atoms with van der Waals surface area (Å²) < 4.78 is 4.90. The minimum atomic E-state index is -0.100. The van der Waals surface area contributed by atoms with Gasteiger partial charge in [0.2, 0.25) is 0 Å². The average molecular weight is 152 g/mol. The van der Waals surface area contributed by atoms with Crippen LogP contribution in [0, 0.1) is 0 Å². The Morgan fingerprint density at radius 1 is 1.55 bits per heavy atom. The van der Waals surface area contributed by atoms with Crippen LogP contribution in [0.15, 0.2) is 24.0 Å². The molecule has 0 radical (unpaired) electrons. The molecule has 1 rings (SSSR count). The summed E-state index contributed by atoms with van der Waals surface area (Å²) in [6.07, 6.45) is 8.13. The molecule has 2 nitrogen and oxygen atoms in total. The summed E-state index contributed by atoms with van der Waals surface area (Å²) in [5.74, 6) is 0.727. The van der Waals surface area contributed by atoms with Gasteiger partial charge in [0, 0.05) is 6.42 Å². The summed E-state index contributed by atoms with van der Waals surface area (Å²) in [6, 6.07) is 0. The van der Waals surface area contributed by atoms with E-state index >= 15 is 0 Å². The number of hydrogen-bond donors (Lipinski definition) is 0. The van der Waals surface area contributed by atoms with Crippen LogP contribution >= 0.6 is 0 Å². The molecule has 1 fully saturated rings. The third-order valence-electron chi connectivity index (χ3n) is 1.54. The van der Waals surface area contributed by atoms with E-state index in [1.165, 1.54) is 0 Å². The van der Waals surface area contributed by atoms with Crippen LogP contribution in [0.2, 0.25) is 0 Å². The molecule has 0 N–H and O–H groups in total. The fourth-order valence-corrected chi connectivity index (χ4v) is 0.953. The van der Waals surface area contributed by atoms with Crippen LogP contribution in [0.1, 0.15) is 26.2 Å². The van der Waals surface area contributed by atoms with Crippen LogP contribution in [0.5, 0.6) is 0 Å². The molecule has 0 atom stereocenters. The normalized spacial score (nSPS) is 21.5. The Labute approximate surface area is 66.5 Å². The second-order valence-corrected chi connectivity index (χ2v) is 2.45. The molecule has 1 aliphatic heterocycles. The van der Waals surface area contributed by atoms with E-state index in [0.717, 1.165) is 18.6 Å². The average Bonchev–Trinajstić information content (AvgIpc) is 2.37. The number of hydrogen-bond acceptors (Lipinski definition) is 2. The fraction of sp³-hybridized carbons (Fsp3) is 0.444. The predicted molar refractivity (Wildman–Crippen MR) is 42.8 cm³/mol. The van der Waals surface area contributed by atoms with Crippen molar-refractivity contribution < 1.29 is 9.53 Å². The number of carbonyl (C=O) groups is 1. The lowest BCUT2D eigenvalue weighted by Gasteiger charge is -1.92. The number of allylic oxidation sites excluding steroid dienone is 4. The summed E-state index contributed by atoms with van der Waals surface area (Å²) in [4.78, 5) is 10.6. The molecule has 0 aromatic heterocycles. The number of ether oxygens (including phenoxy) is 1. The van der Waals surface area contributed by atoms with E-state index in [1.807, 2.05) is 25.2 Å². The molecular formula is C9H12O2. The van der Waals surface area contributed by atoms with Gasteiger partial charge in [-0.1, -0.05) is 12.2 Å². The second-order valence-electron chi connectivity index (χ2n) is 2.45. The largest absolute Gasteiger partial charge is 0.431 e. The Kier molecular flexibility index (Phi) is 2.90. The zero-order valence-electron chi connectivity index (χ0n) is 6.67. The smallest absolute Gasteiger partial charge is 0.311 e. The van der Waals surface area contributed by atoms with E-state index in [1.54, 1.807) is 0 Å². The third kappa shape index (κ3) is 2.58. The maximum absolute atomic E-state index is 10.6. The Morgan fingerprint density at radius 3 is 2.91 bits per heavy atom. The first kappa shape index (κ1) is 8.05. The van der Waals surface area contributed by atoms with E-state index in [2.05, 4.69) is 0 Å². The van der Waals surface area contributed by atoms with Gasteiger partial charge in [-0.2, -0.15) is 0 Å². The number of rotatable bonds is 2. The highest BCUT2D eigenvalue weighted by Gasteiger charge is 2.15. The quantitative estimate of drug-likeness (QED) is 0.447. The minimum Gasteiger partial charge on any atom is -0.431 e. The van der Waals surface area contributed by atoms with Gasteiger partial charge in [0.05, 0.1) is 6.42 Å². The van der Waals surface area contributed by atoms with Crippen molar-refractivity contribution in [2.24, 2.45) is 0 Å². The topological polar surface area (TPSA) is 26.3 Å². The maximum Gasteiger partial charge on any atom is 0.311 e. The molecule has 0 spiro atoms. The van der Waals surface area contributed by atoms with E-state index in [9.17, 15) is 4.79 Å². The molecular weight excluding hydrogens is 140 g/mol. The molecule has 0 saturated carbocycles. The van der Waals surface area contributed by atoms with E-state index in [-0.39, 0.29) is 5.97 Å². The van der Waals surface area contributed by atoms with Crippen molar-refractivity contribution in [3.63, 3.8) is 0 Å². The minimum absolute atomic E-state index is 0.100. The van der Waals surface area contributed by atoms with Gasteiger partial charge >= 0.3 is 5.97 Å². The Hall–Kier alpha value is -1.05. The van der Waals surface area contributed by atoms with Crippen LogP contribution in [0.25, 0.3) is 0 Å². The highest BCUT2D eigenvalue weighted by molar-refractivity contribution is 5.73. The molecule has 1 aliphatic rings. The van der Waals surface area contributed by atoms with Gasteiger partial charge in [-0.15, -0.1) is 0 Å². The lowest BCUT2D eigenvalue weighted by atomic mass is 10.2. The van der Waals surface area contributed by atoms with Crippen LogP contribution in [0.4, 0.5) is 0 Å². The van der Waals surface area contributed by atoms with E-state index in [0.29, 0.717) is 6.42 Å². The van der Waals surface area contributed by atoms with Gasteiger partial charge in [-0.05, 0) is 19.4 Å². The fourth-order valence-electron chi connectivity index (χ4n) is 0.953. The molecule has 2 heteroatoms. The first-order valence-corrected chi connectivity index (χ1v) is 3.84. The van der Waals surface area contributed by atoms with Crippen molar-refractivity contribution in [3.05, 3.63) is 24.0 Å². The molecule has 0 aliphatic carbocycles. The zero-order chi connectivity index (χ0) is 8.10. The van der Waals surface area contributed by atoms with Crippen molar-refractivity contribution in [3.8, 4) is 0 Å². The summed E-state index contributed by atoms with van der Waals surface area (Å²) in [7, 11) is 0. The summed E-state index contributed by atoms with van der Waals surface area (Å²) in [5.41, 5.74) is 0. The monoisotopic (exact) mass is 152 g/mol.